The van der Waals surface area contributed by atoms with E-state index < -0.39 is 23.7 Å². The van der Waals surface area contributed by atoms with E-state index in [1.165, 1.54) is 0 Å². The van der Waals surface area contributed by atoms with Crippen LogP contribution in [0.2, 0.25) is 0 Å². The Balaban J connectivity index is 2.76. The maximum atomic E-state index is 11.6. The lowest BCUT2D eigenvalue weighted by Crippen LogP contribution is -2.44. The molecule has 1 heterocycles. The van der Waals surface area contributed by atoms with Crippen molar-refractivity contribution in [3.63, 3.8) is 0 Å². The SMILES string of the molecule is Cc1noc(C)c1C[C@@H](NC(=O)OC(C)(C)C)C(=O)O. The summed E-state index contributed by atoms with van der Waals surface area (Å²) < 4.78 is 10.0. The molecule has 0 aliphatic carbocycles. The summed E-state index contributed by atoms with van der Waals surface area (Å²) in [5, 5.41) is 15.3. The predicted molar refractivity (Wildman–Crippen MR) is 70.5 cm³/mol. The fourth-order valence-electron chi connectivity index (χ4n) is 1.65. The van der Waals surface area contributed by atoms with Gasteiger partial charge in [-0.05, 0) is 34.6 Å². The van der Waals surface area contributed by atoms with Crippen LogP contribution in [-0.4, -0.2) is 34.0 Å². The normalized spacial score (nSPS) is 12.8. The Bertz CT molecular complexity index is 482. The summed E-state index contributed by atoms with van der Waals surface area (Å²) in [7, 11) is 0. The molecule has 1 aromatic heterocycles. The molecule has 0 aliphatic heterocycles. The average molecular weight is 284 g/mol. The van der Waals surface area contributed by atoms with Crippen molar-refractivity contribution in [1.82, 2.24) is 10.5 Å². The number of nitrogens with one attached hydrogen (secondary N) is 1. The van der Waals surface area contributed by atoms with Gasteiger partial charge in [-0.2, -0.15) is 0 Å². The number of nitrogens with zero attached hydrogens (tertiary/aromatic N) is 1. The minimum absolute atomic E-state index is 0.0930. The van der Waals surface area contributed by atoms with Gasteiger partial charge in [-0.3, -0.25) is 0 Å². The Labute approximate surface area is 117 Å². The fraction of sp³-hybridized carbons (Fsp3) is 0.615. The summed E-state index contributed by atoms with van der Waals surface area (Å²) in [6, 6.07) is -1.10. The Hall–Kier alpha value is -2.05. The maximum Gasteiger partial charge on any atom is 0.408 e. The van der Waals surface area contributed by atoms with E-state index in [1.54, 1.807) is 34.6 Å². The number of aromatic nitrogens is 1. The molecule has 0 bridgehead atoms. The van der Waals surface area contributed by atoms with Gasteiger partial charge >= 0.3 is 12.1 Å². The number of carboxylic acid groups (broad SMARTS) is 1. The van der Waals surface area contributed by atoms with Crippen molar-refractivity contribution in [1.29, 1.82) is 0 Å². The highest BCUT2D eigenvalue weighted by atomic mass is 16.6. The summed E-state index contributed by atoms with van der Waals surface area (Å²) in [6.07, 6.45) is -0.674. The van der Waals surface area contributed by atoms with Crippen molar-refractivity contribution in [3.8, 4) is 0 Å². The van der Waals surface area contributed by atoms with Crippen LogP contribution in [0.3, 0.4) is 0 Å². The van der Waals surface area contributed by atoms with Crippen LogP contribution in [0.25, 0.3) is 0 Å². The van der Waals surface area contributed by atoms with E-state index >= 15 is 0 Å². The number of aryl methyl sites for hydroxylation is 2. The van der Waals surface area contributed by atoms with Gasteiger partial charge in [0, 0.05) is 12.0 Å². The number of aliphatic carboxylic acids is 1. The van der Waals surface area contributed by atoms with Gasteiger partial charge in [0.05, 0.1) is 5.69 Å². The second-order valence-corrected chi connectivity index (χ2v) is 5.54. The number of rotatable bonds is 4. The highest BCUT2D eigenvalue weighted by molar-refractivity contribution is 5.80. The summed E-state index contributed by atoms with van der Waals surface area (Å²) in [4.78, 5) is 22.9. The number of carbonyl (C=O) groups excluding carboxylic acids is 1. The Morgan fingerprint density at radius 1 is 1.40 bits per heavy atom. The third kappa shape index (κ3) is 4.56. The molecule has 2 N–H and O–H groups in total. The lowest BCUT2D eigenvalue weighted by atomic mass is 10.0. The van der Waals surface area contributed by atoms with E-state index in [9.17, 15) is 14.7 Å². The molecule has 7 heteroatoms. The largest absolute Gasteiger partial charge is 0.480 e. The smallest absolute Gasteiger partial charge is 0.408 e. The number of hydrogen-bond acceptors (Lipinski definition) is 5. The maximum absolute atomic E-state index is 11.6. The zero-order valence-corrected chi connectivity index (χ0v) is 12.3. The molecular formula is C13H20N2O5. The molecule has 0 fully saturated rings. The van der Waals surface area contributed by atoms with Crippen LogP contribution < -0.4 is 5.32 Å². The predicted octanol–water partition coefficient (Wildman–Crippen LogP) is 1.81. The van der Waals surface area contributed by atoms with Gasteiger partial charge in [-0.25, -0.2) is 9.59 Å². The molecule has 1 amide bonds. The zero-order valence-electron chi connectivity index (χ0n) is 12.3. The van der Waals surface area contributed by atoms with E-state index in [0.717, 1.165) is 0 Å². The Morgan fingerprint density at radius 3 is 2.40 bits per heavy atom. The molecule has 1 rings (SSSR count). The van der Waals surface area contributed by atoms with Crippen molar-refractivity contribution in [2.75, 3.05) is 0 Å². The molecule has 112 valence electrons. The molecule has 1 aromatic rings. The quantitative estimate of drug-likeness (QED) is 0.874. The number of hydrogen-bond donors (Lipinski definition) is 2. The van der Waals surface area contributed by atoms with Crippen molar-refractivity contribution < 1.29 is 24.0 Å². The first kappa shape index (κ1) is 16.0. The van der Waals surface area contributed by atoms with Crippen LogP contribution in [0.5, 0.6) is 0 Å². The summed E-state index contributed by atoms with van der Waals surface area (Å²) >= 11 is 0. The van der Waals surface area contributed by atoms with Crippen LogP contribution in [0, 0.1) is 13.8 Å². The topological polar surface area (TPSA) is 102 Å². The van der Waals surface area contributed by atoms with Crippen molar-refractivity contribution in [2.24, 2.45) is 0 Å². The lowest BCUT2D eigenvalue weighted by Gasteiger charge is -2.22. The third-order valence-electron chi connectivity index (χ3n) is 2.58. The average Bonchev–Trinajstić information content (AvgIpc) is 2.56. The molecule has 0 saturated heterocycles. The van der Waals surface area contributed by atoms with Crippen LogP contribution >= 0.6 is 0 Å². The molecule has 7 nitrogen and oxygen atoms in total. The van der Waals surface area contributed by atoms with E-state index in [2.05, 4.69) is 10.5 Å². The van der Waals surface area contributed by atoms with Gasteiger partial charge in [0.2, 0.25) is 0 Å². The molecule has 0 saturated carbocycles. The first-order valence-electron chi connectivity index (χ1n) is 6.24. The van der Waals surface area contributed by atoms with Gasteiger partial charge in [-0.15, -0.1) is 0 Å². The van der Waals surface area contributed by atoms with Gasteiger partial charge in [0.15, 0.2) is 0 Å². The van der Waals surface area contributed by atoms with Gasteiger partial charge in [0.1, 0.15) is 17.4 Å². The highest BCUT2D eigenvalue weighted by Gasteiger charge is 2.26. The highest BCUT2D eigenvalue weighted by Crippen LogP contribution is 2.15. The van der Waals surface area contributed by atoms with Crippen LogP contribution in [-0.2, 0) is 16.0 Å². The number of carboxylic acids is 1. The van der Waals surface area contributed by atoms with Crippen LogP contribution in [0.4, 0.5) is 4.79 Å². The number of amides is 1. The summed E-state index contributed by atoms with van der Waals surface area (Å²) in [5.74, 6) is -0.601. The van der Waals surface area contributed by atoms with E-state index in [1.807, 2.05) is 0 Å². The summed E-state index contributed by atoms with van der Waals surface area (Å²) in [6.45, 7) is 8.53. The first-order chi connectivity index (χ1) is 9.10. The third-order valence-corrected chi connectivity index (χ3v) is 2.58. The van der Waals surface area contributed by atoms with Gasteiger partial charge in [0.25, 0.3) is 0 Å². The standard InChI is InChI=1S/C13H20N2O5/c1-7-9(8(2)20-15-7)6-10(11(16)17)14-12(18)19-13(3,4)5/h10H,6H2,1-5H3,(H,14,18)(H,16,17)/t10-/m1/s1. The molecule has 0 unspecified atom stereocenters. The molecule has 20 heavy (non-hydrogen) atoms. The summed E-state index contributed by atoms with van der Waals surface area (Å²) in [5.41, 5.74) is 0.601. The van der Waals surface area contributed by atoms with E-state index in [-0.39, 0.29) is 6.42 Å². The lowest BCUT2D eigenvalue weighted by molar-refractivity contribution is -0.139. The second kappa shape index (κ2) is 5.94. The molecular weight excluding hydrogens is 264 g/mol. The van der Waals surface area contributed by atoms with Crippen LogP contribution in [0.15, 0.2) is 4.52 Å². The Kier molecular flexibility index (Phi) is 4.75. The van der Waals surface area contributed by atoms with Gasteiger partial charge in [-0.1, -0.05) is 5.16 Å². The number of alkyl carbamates (subject to hydrolysis) is 1. The first-order valence-corrected chi connectivity index (χ1v) is 6.24. The molecule has 0 aliphatic rings. The number of carbonyl (C=O) groups is 2. The molecule has 0 spiro atoms. The van der Waals surface area contributed by atoms with E-state index in [0.29, 0.717) is 17.0 Å². The molecule has 0 radical (unpaired) electrons. The van der Waals surface area contributed by atoms with Crippen LogP contribution in [0.1, 0.15) is 37.8 Å². The minimum atomic E-state index is -1.14. The fourth-order valence-corrected chi connectivity index (χ4v) is 1.65. The molecule has 0 aromatic carbocycles. The Morgan fingerprint density at radius 2 is 2.00 bits per heavy atom. The monoisotopic (exact) mass is 284 g/mol. The zero-order chi connectivity index (χ0) is 15.5. The van der Waals surface area contributed by atoms with Gasteiger partial charge < -0.3 is 19.7 Å². The second-order valence-electron chi connectivity index (χ2n) is 5.54. The minimum Gasteiger partial charge on any atom is -0.480 e. The number of ether oxygens (including phenoxy) is 1. The van der Waals surface area contributed by atoms with Crippen molar-refractivity contribution in [3.05, 3.63) is 17.0 Å². The van der Waals surface area contributed by atoms with E-state index in [4.69, 9.17) is 9.26 Å². The van der Waals surface area contributed by atoms with Crippen molar-refractivity contribution >= 4 is 12.1 Å². The molecule has 1 atom stereocenters. The van der Waals surface area contributed by atoms with Crippen molar-refractivity contribution in [2.45, 2.75) is 52.7 Å².